The second-order valence-electron chi connectivity index (χ2n) is 6.30. The van der Waals surface area contributed by atoms with Gasteiger partial charge in [0.15, 0.2) is 0 Å². The SMILES string of the molecule is O=C(Nc1cccc(NC(=O)N2CCc3ccccc32)c1)C1CC1. The van der Waals surface area contributed by atoms with Gasteiger partial charge >= 0.3 is 6.03 Å². The van der Waals surface area contributed by atoms with Crippen LogP contribution in [-0.4, -0.2) is 18.5 Å². The molecule has 2 aromatic carbocycles. The van der Waals surface area contributed by atoms with Gasteiger partial charge in [0.25, 0.3) is 0 Å². The van der Waals surface area contributed by atoms with Crippen molar-refractivity contribution in [3.8, 4) is 0 Å². The first-order chi connectivity index (χ1) is 11.7. The first kappa shape index (κ1) is 14.8. The molecule has 1 heterocycles. The lowest BCUT2D eigenvalue weighted by Crippen LogP contribution is -2.33. The van der Waals surface area contributed by atoms with Crippen LogP contribution < -0.4 is 15.5 Å². The largest absolute Gasteiger partial charge is 0.326 e. The van der Waals surface area contributed by atoms with Gasteiger partial charge in [-0.3, -0.25) is 9.69 Å². The minimum absolute atomic E-state index is 0.0620. The maximum absolute atomic E-state index is 12.6. The molecular formula is C19H19N3O2. The number of carbonyl (C=O) groups excluding carboxylic acids is 2. The summed E-state index contributed by atoms with van der Waals surface area (Å²) >= 11 is 0. The van der Waals surface area contributed by atoms with Crippen molar-refractivity contribution in [1.82, 2.24) is 0 Å². The fourth-order valence-corrected chi connectivity index (χ4v) is 3.00. The van der Waals surface area contributed by atoms with Gasteiger partial charge in [0, 0.05) is 29.5 Å². The average molecular weight is 321 g/mol. The Morgan fingerprint density at radius 2 is 1.71 bits per heavy atom. The number of anilines is 3. The number of benzene rings is 2. The third-order valence-corrected chi connectivity index (χ3v) is 4.46. The van der Waals surface area contributed by atoms with Crippen molar-refractivity contribution in [2.24, 2.45) is 5.92 Å². The second-order valence-corrected chi connectivity index (χ2v) is 6.30. The van der Waals surface area contributed by atoms with E-state index < -0.39 is 0 Å². The van der Waals surface area contributed by atoms with Crippen LogP contribution in [0.1, 0.15) is 18.4 Å². The summed E-state index contributed by atoms with van der Waals surface area (Å²) in [6.45, 7) is 0.684. The first-order valence-corrected chi connectivity index (χ1v) is 8.28. The quantitative estimate of drug-likeness (QED) is 0.907. The van der Waals surface area contributed by atoms with E-state index in [9.17, 15) is 9.59 Å². The fourth-order valence-electron chi connectivity index (χ4n) is 3.00. The zero-order valence-corrected chi connectivity index (χ0v) is 13.3. The molecule has 0 atom stereocenters. The number of amides is 3. The van der Waals surface area contributed by atoms with E-state index in [0.29, 0.717) is 17.9 Å². The number of urea groups is 1. The number of para-hydroxylation sites is 1. The van der Waals surface area contributed by atoms with Crippen LogP contribution in [0.2, 0.25) is 0 Å². The molecule has 4 rings (SSSR count). The van der Waals surface area contributed by atoms with E-state index in [1.165, 1.54) is 5.56 Å². The number of rotatable bonds is 3. The predicted molar refractivity (Wildman–Crippen MR) is 94.3 cm³/mol. The molecule has 3 amide bonds. The Labute approximate surface area is 140 Å². The van der Waals surface area contributed by atoms with Crippen LogP contribution >= 0.6 is 0 Å². The van der Waals surface area contributed by atoms with E-state index in [-0.39, 0.29) is 17.9 Å². The van der Waals surface area contributed by atoms with Gasteiger partial charge in [0.05, 0.1) is 0 Å². The lowest BCUT2D eigenvalue weighted by atomic mass is 10.2. The van der Waals surface area contributed by atoms with Gasteiger partial charge in [-0.05, 0) is 49.1 Å². The molecule has 122 valence electrons. The molecule has 1 saturated carbocycles. The molecule has 0 bridgehead atoms. The molecule has 0 aromatic heterocycles. The smallest absolute Gasteiger partial charge is 0.326 e. The average Bonchev–Trinajstić information content (AvgIpc) is 3.34. The van der Waals surface area contributed by atoms with Crippen LogP contribution in [0.25, 0.3) is 0 Å². The number of hydrogen-bond donors (Lipinski definition) is 2. The van der Waals surface area contributed by atoms with Gasteiger partial charge in [-0.25, -0.2) is 4.79 Å². The summed E-state index contributed by atoms with van der Waals surface area (Å²) in [6.07, 6.45) is 2.81. The number of hydrogen-bond acceptors (Lipinski definition) is 2. The molecule has 24 heavy (non-hydrogen) atoms. The normalized spacial score (nSPS) is 15.8. The zero-order chi connectivity index (χ0) is 16.5. The summed E-state index contributed by atoms with van der Waals surface area (Å²) < 4.78 is 0. The highest BCUT2D eigenvalue weighted by Gasteiger charge is 2.29. The topological polar surface area (TPSA) is 61.4 Å². The van der Waals surface area contributed by atoms with E-state index in [1.807, 2.05) is 36.4 Å². The number of nitrogens with one attached hydrogen (secondary N) is 2. The van der Waals surface area contributed by atoms with Crippen LogP contribution in [0.4, 0.5) is 21.9 Å². The van der Waals surface area contributed by atoms with E-state index in [2.05, 4.69) is 16.7 Å². The lowest BCUT2D eigenvalue weighted by molar-refractivity contribution is -0.117. The van der Waals surface area contributed by atoms with Gasteiger partial charge in [0.2, 0.25) is 5.91 Å². The Morgan fingerprint density at radius 3 is 2.50 bits per heavy atom. The number of carbonyl (C=O) groups is 2. The molecule has 5 nitrogen and oxygen atoms in total. The summed E-state index contributed by atoms with van der Waals surface area (Å²) in [4.78, 5) is 26.2. The van der Waals surface area contributed by atoms with Crippen molar-refractivity contribution in [2.75, 3.05) is 22.1 Å². The highest BCUT2D eigenvalue weighted by molar-refractivity contribution is 6.03. The molecule has 2 N–H and O–H groups in total. The maximum atomic E-state index is 12.6. The summed E-state index contributed by atoms with van der Waals surface area (Å²) in [5, 5.41) is 5.82. The van der Waals surface area contributed by atoms with Crippen molar-refractivity contribution in [3.05, 3.63) is 54.1 Å². The summed E-state index contributed by atoms with van der Waals surface area (Å²) in [6, 6.07) is 15.1. The van der Waals surface area contributed by atoms with Crippen molar-refractivity contribution >= 4 is 29.0 Å². The Hall–Kier alpha value is -2.82. The van der Waals surface area contributed by atoms with E-state index >= 15 is 0 Å². The number of fused-ring (bicyclic) bond motifs is 1. The Bertz CT molecular complexity index is 799. The Balaban J connectivity index is 1.45. The summed E-state index contributed by atoms with van der Waals surface area (Å²) in [5.74, 6) is 0.219. The predicted octanol–water partition coefficient (Wildman–Crippen LogP) is 3.63. The molecule has 0 radical (unpaired) electrons. The minimum Gasteiger partial charge on any atom is -0.326 e. The third-order valence-electron chi connectivity index (χ3n) is 4.46. The van der Waals surface area contributed by atoms with Gasteiger partial charge in [0.1, 0.15) is 0 Å². The van der Waals surface area contributed by atoms with E-state index in [1.54, 1.807) is 11.0 Å². The summed E-state index contributed by atoms with van der Waals surface area (Å²) in [5.41, 5.74) is 3.55. The standard InChI is InChI=1S/C19H19N3O2/c23-18(14-8-9-14)20-15-5-3-6-16(12-15)21-19(24)22-11-10-13-4-1-2-7-17(13)22/h1-7,12,14H,8-11H2,(H,20,23)(H,21,24). The molecule has 1 aliphatic carbocycles. The monoisotopic (exact) mass is 321 g/mol. The van der Waals surface area contributed by atoms with Gasteiger partial charge < -0.3 is 10.6 Å². The molecule has 0 unspecified atom stereocenters. The highest BCUT2D eigenvalue weighted by atomic mass is 16.2. The lowest BCUT2D eigenvalue weighted by Gasteiger charge is -2.18. The van der Waals surface area contributed by atoms with Crippen LogP contribution in [0, 0.1) is 5.92 Å². The minimum atomic E-state index is -0.148. The van der Waals surface area contributed by atoms with Gasteiger partial charge in [-0.15, -0.1) is 0 Å². The molecule has 2 aromatic rings. The van der Waals surface area contributed by atoms with E-state index in [4.69, 9.17) is 0 Å². The highest BCUT2D eigenvalue weighted by Crippen LogP contribution is 2.31. The maximum Gasteiger partial charge on any atom is 0.326 e. The first-order valence-electron chi connectivity index (χ1n) is 8.28. The van der Waals surface area contributed by atoms with Gasteiger partial charge in [-0.2, -0.15) is 0 Å². The van der Waals surface area contributed by atoms with Crippen molar-refractivity contribution in [3.63, 3.8) is 0 Å². The molecular weight excluding hydrogens is 302 g/mol. The van der Waals surface area contributed by atoms with Crippen LogP contribution in [0.3, 0.4) is 0 Å². The molecule has 1 aliphatic heterocycles. The summed E-state index contributed by atoms with van der Waals surface area (Å²) in [7, 11) is 0. The Kier molecular flexibility index (Phi) is 3.69. The van der Waals surface area contributed by atoms with Gasteiger partial charge in [-0.1, -0.05) is 24.3 Å². The zero-order valence-electron chi connectivity index (χ0n) is 13.3. The molecule has 0 spiro atoms. The van der Waals surface area contributed by atoms with Crippen molar-refractivity contribution in [2.45, 2.75) is 19.3 Å². The molecule has 0 saturated heterocycles. The number of nitrogens with zero attached hydrogens (tertiary/aromatic N) is 1. The third kappa shape index (κ3) is 2.97. The second kappa shape index (κ2) is 6.00. The van der Waals surface area contributed by atoms with Crippen LogP contribution in [-0.2, 0) is 11.2 Å². The van der Waals surface area contributed by atoms with E-state index in [0.717, 1.165) is 24.9 Å². The van der Waals surface area contributed by atoms with Crippen LogP contribution in [0.15, 0.2) is 48.5 Å². The van der Waals surface area contributed by atoms with Crippen molar-refractivity contribution < 1.29 is 9.59 Å². The molecule has 1 fully saturated rings. The molecule has 2 aliphatic rings. The van der Waals surface area contributed by atoms with Crippen molar-refractivity contribution in [1.29, 1.82) is 0 Å². The molecule has 5 heteroatoms. The van der Waals surface area contributed by atoms with Crippen LogP contribution in [0.5, 0.6) is 0 Å². The Morgan fingerprint density at radius 1 is 0.958 bits per heavy atom. The fraction of sp³-hybridized carbons (Fsp3) is 0.263.